The molecule has 17 nitrogen and oxygen atoms in total. The Morgan fingerprint density at radius 1 is 0.322 bits per heavy atom. The minimum absolute atomic E-state index is 0.102. The first-order chi connectivity index (χ1) is 41.6. The van der Waals surface area contributed by atoms with E-state index < -0.39 is 97.5 Å². The number of phosphoric ester groups is 2. The summed E-state index contributed by atoms with van der Waals surface area (Å²) in [6.07, 6.45) is 39.0. The van der Waals surface area contributed by atoms with Crippen LogP contribution in [0.25, 0.3) is 0 Å². The van der Waals surface area contributed by atoms with Crippen LogP contribution in [-0.4, -0.2) is 96.7 Å². The van der Waals surface area contributed by atoms with Crippen molar-refractivity contribution in [1.82, 2.24) is 0 Å². The zero-order valence-electron chi connectivity index (χ0n) is 56.6. The van der Waals surface area contributed by atoms with Crippen molar-refractivity contribution in [3.05, 3.63) is 0 Å². The fraction of sp³-hybridized carbons (Fsp3) is 0.941. The van der Waals surface area contributed by atoms with E-state index in [-0.39, 0.29) is 25.7 Å². The number of esters is 4. The second-order valence-electron chi connectivity index (χ2n) is 26.2. The van der Waals surface area contributed by atoms with E-state index in [0.717, 1.165) is 108 Å². The number of rotatable bonds is 65. The summed E-state index contributed by atoms with van der Waals surface area (Å²) < 4.78 is 68.2. The summed E-state index contributed by atoms with van der Waals surface area (Å²) in [5.74, 6) is 0.830. The first-order valence-electron chi connectivity index (χ1n) is 35.2. The van der Waals surface area contributed by atoms with E-state index in [4.69, 9.17) is 37.0 Å². The van der Waals surface area contributed by atoms with Gasteiger partial charge in [-0.2, -0.15) is 0 Å². The van der Waals surface area contributed by atoms with Gasteiger partial charge in [0.25, 0.3) is 0 Å². The topological polar surface area (TPSA) is 237 Å². The molecule has 0 bridgehead atoms. The second-order valence-corrected chi connectivity index (χ2v) is 29.1. The number of aliphatic hydroxyl groups is 1. The summed E-state index contributed by atoms with van der Waals surface area (Å²) in [5.41, 5.74) is 0. The van der Waals surface area contributed by atoms with Crippen LogP contribution in [0.2, 0.25) is 0 Å². The maximum atomic E-state index is 13.0. The third-order valence-corrected chi connectivity index (χ3v) is 17.8. The lowest BCUT2D eigenvalue weighted by atomic mass is 9.99. The van der Waals surface area contributed by atoms with Crippen LogP contribution >= 0.6 is 15.6 Å². The van der Waals surface area contributed by atoms with Gasteiger partial charge in [0.05, 0.1) is 26.4 Å². The molecule has 87 heavy (non-hydrogen) atoms. The molecular formula is C68H132O17P2. The average Bonchev–Trinajstić information content (AvgIpc) is 3.56. The summed E-state index contributed by atoms with van der Waals surface area (Å²) in [6, 6.07) is 0. The minimum atomic E-state index is -4.95. The van der Waals surface area contributed by atoms with Crippen LogP contribution in [0.15, 0.2) is 0 Å². The number of carbonyl (C=O) groups is 4. The first-order valence-corrected chi connectivity index (χ1v) is 38.2. The van der Waals surface area contributed by atoms with Gasteiger partial charge in [-0.3, -0.25) is 37.3 Å². The van der Waals surface area contributed by atoms with E-state index >= 15 is 0 Å². The van der Waals surface area contributed by atoms with Gasteiger partial charge in [0.1, 0.15) is 19.3 Å². The Balaban J connectivity index is 5.26. The molecule has 0 aliphatic heterocycles. The third-order valence-electron chi connectivity index (χ3n) is 15.9. The summed E-state index contributed by atoms with van der Waals surface area (Å²) in [7, 11) is -9.90. The zero-order valence-corrected chi connectivity index (χ0v) is 58.4. The summed E-state index contributed by atoms with van der Waals surface area (Å²) >= 11 is 0. The van der Waals surface area contributed by atoms with Gasteiger partial charge in [-0.25, -0.2) is 9.13 Å². The monoisotopic (exact) mass is 1280 g/mol. The number of phosphoric acid groups is 2. The van der Waals surface area contributed by atoms with Gasteiger partial charge in [-0.15, -0.1) is 0 Å². The van der Waals surface area contributed by atoms with Crippen molar-refractivity contribution in [2.75, 3.05) is 39.6 Å². The normalized spacial score (nSPS) is 14.6. The molecule has 516 valence electrons. The standard InChI is InChI=1S/C68H132O17P2/c1-9-61(8)47-39-31-23-16-18-25-33-41-49-66(71)79-55-64(85-68(73)51-43-35-27-19-22-30-38-46-60(6)7)57-83-87(76,77)81-53-62(69)52-80-86(74,75)82-56-63(54-78-65(70)48-40-32-24-17-15-21-29-37-45-59(4)5)84-67(72)50-42-34-26-14-12-10-11-13-20-28-36-44-58(2)3/h58-64,69H,9-57H2,1-8H3,(H,74,75)(H,76,77)/t61?,62?,63-,64-/m1/s1. The molecule has 0 spiro atoms. The Hall–Kier alpha value is -1.94. The lowest BCUT2D eigenvalue weighted by molar-refractivity contribution is -0.161. The van der Waals surface area contributed by atoms with Crippen LogP contribution in [0.4, 0.5) is 0 Å². The fourth-order valence-corrected chi connectivity index (χ4v) is 11.7. The van der Waals surface area contributed by atoms with Gasteiger partial charge in [-0.05, 0) is 49.4 Å². The van der Waals surface area contributed by atoms with E-state index in [1.165, 1.54) is 135 Å². The summed E-state index contributed by atoms with van der Waals surface area (Å²) in [4.78, 5) is 72.4. The zero-order chi connectivity index (χ0) is 64.7. The predicted molar refractivity (Wildman–Crippen MR) is 349 cm³/mol. The SMILES string of the molecule is CCC(C)CCCCCCCCCCC(=O)OC[C@H](COP(=O)(O)OCC(O)COP(=O)(O)OC[C@@H](COC(=O)CCCCCCCCCCC(C)C)OC(=O)CCCCCCCCCCCCCC(C)C)OC(=O)CCCCCCCCCC(C)C. The number of ether oxygens (including phenoxy) is 4. The number of carbonyl (C=O) groups excluding carboxylic acids is 4. The van der Waals surface area contributed by atoms with E-state index in [9.17, 15) is 43.2 Å². The van der Waals surface area contributed by atoms with Gasteiger partial charge in [-0.1, -0.05) is 280 Å². The second kappa shape index (κ2) is 57.9. The van der Waals surface area contributed by atoms with Crippen LogP contribution in [-0.2, 0) is 65.4 Å². The first kappa shape index (κ1) is 85.1. The van der Waals surface area contributed by atoms with Crippen molar-refractivity contribution in [3.8, 4) is 0 Å². The Morgan fingerprint density at radius 2 is 0.552 bits per heavy atom. The number of unbranched alkanes of at least 4 members (excludes halogenated alkanes) is 30. The van der Waals surface area contributed by atoms with Crippen molar-refractivity contribution in [2.24, 2.45) is 23.7 Å². The molecule has 4 unspecified atom stereocenters. The molecule has 0 amide bonds. The molecule has 0 fully saturated rings. The molecule has 0 aromatic carbocycles. The molecule has 0 aliphatic carbocycles. The highest BCUT2D eigenvalue weighted by molar-refractivity contribution is 7.47. The van der Waals surface area contributed by atoms with Gasteiger partial charge in [0.2, 0.25) is 0 Å². The van der Waals surface area contributed by atoms with Crippen molar-refractivity contribution in [2.45, 2.75) is 350 Å². The molecule has 0 saturated heterocycles. The largest absolute Gasteiger partial charge is 0.472 e. The Morgan fingerprint density at radius 3 is 0.816 bits per heavy atom. The molecule has 0 aromatic rings. The van der Waals surface area contributed by atoms with Gasteiger partial charge < -0.3 is 33.8 Å². The Bertz CT molecular complexity index is 1730. The van der Waals surface area contributed by atoms with E-state index in [1.54, 1.807) is 0 Å². The molecule has 0 radical (unpaired) electrons. The number of hydrogen-bond donors (Lipinski definition) is 3. The van der Waals surface area contributed by atoms with Gasteiger partial charge in [0, 0.05) is 25.7 Å². The Labute approximate surface area is 530 Å². The molecule has 6 atom stereocenters. The molecule has 0 rings (SSSR count). The molecule has 0 saturated carbocycles. The van der Waals surface area contributed by atoms with Gasteiger partial charge in [0.15, 0.2) is 12.2 Å². The van der Waals surface area contributed by atoms with Crippen molar-refractivity contribution < 1.29 is 80.2 Å². The van der Waals surface area contributed by atoms with Crippen molar-refractivity contribution in [3.63, 3.8) is 0 Å². The van der Waals surface area contributed by atoms with E-state index in [0.29, 0.717) is 31.6 Å². The van der Waals surface area contributed by atoms with Crippen LogP contribution in [0.3, 0.4) is 0 Å². The van der Waals surface area contributed by atoms with E-state index in [2.05, 4.69) is 55.4 Å². The quantitative estimate of drug-likeness (QED) is 0.0222. The molecule has 0 heterocycles. The van der Waals surface area contributed by atoms with Crippen molar-refractivity contribution >= 4 is 39.5 Å². The maximum absolute atomic E-state index is 13.0. The Kier molecular flexibility index (Phi) is 56.6. The highest BCUT2D eigenvalue weighted by atomic mass is 31.2. The molecule has 0 aromatic heterocycles. The molecule has 3 N–H and O–H groups in total. The minimum Gasteiger partial charge on any atom is -0.462 e. The summed E-state index contributed by atoms with van der Waals surface area (Å²) in [5, 5.41) is 10.6. The number of aliphatic hydroxyl groups excluding tert-OH is 1. The smallest absolute Gasteiger partial charge is 0.462 e. The van der Waals surface area contributed by atoms with Crippen molar-refractivity contribution in [1.29, 1.82) is 0 Å². The lowest BCUT2D eigenvalue weighted by Crippen LogP contribution is -2.30. The number of hydrogen-bond acceptors (Lipinski definition) is 15. The van der Waals surface area contributed by atoms with Crippen LogP contribution in [0.5, 0.6) is 0 Å². The average molecular weight is 1280 g/mol. The van der Waals surface area contributed by atoms with Gasteiger partial charge >= 0.3 is 39.5 Å². The molecular weight excluding hydrogens is 1150 g/mol. The highest BCUT2D eigenvalue weighted by Crippen LogP contribution is 2.45. The van der Waals surface area contributed by atoms with Crippen LogP contribution in [0, 0.1) is 23.7 Å². The summed E-state index contributed by atoms with van der Waals surface area (Å²) in [6.45, 7) is 14.0. The molecule has 0 aliphatic rings. The van der Waals surface area contributed by atoms with Crippen LogP contribution in [0.1, 0.15) is 331 Å². The maximum Gasteiger partial charge on any atom is 0.472 e. The lowest BCUT2D eigenvalue weighted by Gasteiger charge is -2.21. The van der Waals surface area contributed by atoms with E-state index in [1.807, 2.05) is 0 Å². The van der Waals surface area contributed by atoms with Crippen LogP contribution < -0.4 is 0 Å². The third kappa shape index (κ3) is 61.3. The molecule has 19 heteroatoms. The highest BCUT2D eigenvalue weighted by Gasteiger charge is 2.30. The fourth-order valence-electron chi connectivity index (χ4n) is 10.1. The predicted octanol–water partition coefficient (Wildman–Crippen LogP) is 18.9.